The van der Waals surface area contributed by atoms with E-state index in [9.17, 15) is 14.7 Å². The Labute approximate surface area is 191 Å². The van der Waals surface area contributed by atoms with E-state index in [0.717, 1.165) is 34.0 Å². The van der Waals surface area contributed by atoms with Gasteiger partial charge in [-0.2, -0.15) is 0 Å². The summed E-state index contributed by atoms with van der Waals surface area (Å²) in [6.45, 7) is 2.25. The quantitative estimate of drug-likeness (QED) is 0.268. The third-order valence-electron chi connectivity index (χ3n) is 6.17. The molecule has 0 saturated carbocycles. The Morgan fingerprint density at radius 1 is 1.03 bits per heavy atom. The largest absolute Gasteiger partial charge is 0.507 e. The lowest BCUT2D eigenvalue weighted by Gasteiger charge is -2.25. The summed E-state index contributed by atoms with van der Waals surface area (Å²) in [6.07, 6.45) is 6.01. The number of benzene rings is 2. The Hall–Kier alpha value is -4.19. The molecule has 1 amide bonds. The fourth-order valence-electron chi connectivity index (χ4n) is 4.43. The van der Waals surface area contributed by atoms with Crippen LogP contribution in [0.15, 0.2) is 84.8 Å². The summed E-state index contributed by atoms with van der Waals surface area (Å²) in [7, 11) is 0. The number of aliphatic hydroxyl groups excluding tert-OH is 1. The minimum atomic E-state index is -0.729. The average molecular weight is 437 g/mol. The highest BCUT2D eigenvalue weighted by molar-refractivity contribution is 6.46. The van der Waals surface area contributed by atoms with E-state index in [1.165, 1.54) is 4.90 Å². The standard InChI is InChI=1S/C27H23N3O3/c1-2-17-9-11-19(12-10-17)25(31)23-24(21-15-29-22-8-4-3-7-20(21)22)30(27(33)26(23)32)16-18-6-5-13-28-14-18/h3-15,24,29,31H,2,16H2,1H3/b25-23+. The van der Waals surface area contributed by atoms with Gasteiger partial charge in [-0.1, -0.05) is 55.5 Å². The Morgan fingerprint density at radius 2 is 1.82 bits per heavy atom. The maximum absolute atomic E-state index is 13.3. The number of aryl methyl sites for hydroxylation is 1. The second-order valence-electron chi connectivity index (χ2n) is 8.13. The van der Waals surface area contributed by atoms with Crippen LogP contribution in [-0.4, -0.2) is 31.7 Å². The van der Waals surface area contributed by atoms with Crippen molar-refractivity contribution < 1.29 is 14.7 Å². The van der Waals surface area contributed by atoms with Crippen molar-refractivity contribution in [1.82, 2.24) is 14.9 Å². The molecule has 0 aliphatic carbocycles. The molecule has 4 aromatic rings. The van der Waals surface area contributed by atoms with Gasteiger partial charge in [0.15, 0.2) is 0 Å². The van der Waals surface area contributed by atoms with Gasteiger partial charge in [-0.15, -0.1) is 0 Å². The number of nitrogens with zero attached hydrogens (tertiary/aromatic N) is 2. The molecule has 1 aliphatic rings. The molecule has 1 unspecified atom stereocenters. The molecule has 2 aromatic heterocycles. The summed E-state index contributed by atoms with van der Waals surface area (Å²) in [5.41, 5.74) is 4.19. The molecule has 5 rings (SSSR count). The molecule has 6 heteroatoms. The SMILES string of the molecule is CCc1ccc(/C(O)=C2\C(=O)C(=O)N(Cc3cccnc3)C2c2c[nH]c3ccccc23)cc1. The number of ketones is 1. The number of hydrogen-bond acceptors (Lipinski definition) is 4. The highest BCUT2D eigenvalue weighted by Crippen LogP contribution is 2.42. The Balaban J connectivity index is 1.69. The van der Waals surface area contributed by atoms with Crippen LogP contribution in [0.25, 0.3) is 16.7 Å². The van der Waals surface area contributed by atoms with Crippen molar-refractivity contribution in [1.29, 1.82) is 0 Å². The number of fused-ring (bicyclic) bond motifs is 1. The highest BCUT2D eigenvalue weighted by atomic mass is 16.3. The molecule has 2 N–H and O–H groups in total. The van der Waals surface area contributed by atoms with E-state index in [4.69, 9.17) is 0 Å². The monoisotopic (exact) mass is 437 g/mol. The van der Waals surface area contributed by atoms with Crippen molar-refractivity contribution in [2.24, 2.45) is 0 Å². The lowest BCUT2D eigenvalue weighted by Crippen LogP contribution is -2.29. The third kappa shape index (κ3) is 3.59. The number of aliphatic hydroxyl groups is 1. The molecule has 1 fully saturated rings. The van der Waals surface area contributed by atoms with E-state index in [-0.39, 0.29) is 17.9 Å². The van der Waals surface area contributed by atoms with Crippen molar-refractivity contribution in [2.75, 3.05) is 0 Å². The summed E-state index contributed by atoms with van der Waals surface area (Å²) < 4.78 is 0. The molecular formula is C27H23N3O3. The number of nitrogens with one attached hydrogen (secondary N) is 1. The molecular weight excluding hydrogens is 414 g/mol. The normalized spacial score (nSPS) is 17.7. The van der Waals surface area contributed by atoms with E-state index < -0.39 is 17.7 Å². The van der Waals surface area contributed by atoms with Gasteiger partial charge in [0.2, 0.25) is 0 Å². The molecule has 2 aromatic carbocycles. The van der Waals surface area contributed by atoms with Crippen LogP contribution in [0.3, 0.4) is 0 Å². The fraction of sp³-hybridized carbons (Fsp3) is 0.148. The Bertz CT molecular complexity index is 1370. The van der Waals surface area contributed by atoms with E-state index >= 15 is 0 Å². The number of carbonyl (C=O) groups is 2. The van der Waals surface area contributed by atoms with Crippen molar-refractivity contribution in [3.05, 3.63) is 107 Å². The van der Waals surface area contributed by atoms with Gasteiger partial charge in [0.1, 0.15) is 5.76 Å². The zero-order valence-electron chi connectivity index (χ0n) is 18.2. The van der Waals surface area contributed by atoms with Crippen LogP contribution >= 0.6 is 0 Å². The average Bonchev–Trinajstić information content (AvgIpc) is 3.38. The van der Waals surface area contributed by atoms with E-state index in [0.29, 0.717) is 5.56 Å². The summed E-state index contributed by atoms with van der Waals surface area (Å²) in [6, 6.07) is 18.1. The fourth-order valence-corrected chi connectivity index (χ4v) is 4.43. The van der Waals surface area contributed by atoms with E-state index in [1.807, 2.05) is 48.7 Å². The number of likely N-dealkylation sites (tertiary alicyclic amines) is 1. The lowest BCUT2D eigenvalue weighted by atomic mass is 9.94. The smallest absolute Gasteiger partial charge is 0.295 e. The van der Waals surface area contributed by atoms with Crippen LogP contribution in [-0.2, 0) is 22.6 Å². The van der Waals surface area contributed by atoms with Crippen molar-refractivity contribution in [3.63, 3.8) is 0 Å². The number of carbonyl (C=O) groups excluding carboxylic acids is 2. The van der Waals surface area contributed by atoms with Crippen LogP contribution in [0.2, 0.25) is 0 Å². The number of H-pyrrole nitrogens is 1. The topological polar surface area (TPSA) is 86.3 Å². The number of para-hydroxylation sites is 1. The maximum atomic E-state index is 13.3. The maximum Gasteiger partial charge on any atom is 0.295 e. The predicted octanol–water partition coefficient (Wildman–Crippen LogP) is 4.75. The first-order chi connectivity index (χ1) is 16.1. The molecule has 3 heterocycles. The minimum Gasteiger partial charge on any atom is -0.507 e. The number of amides is 1. The zero-order valence-corrected chi connectivity index (χ0v) is 18.2. The van der Waals surface area contributed by atoms with Gasteiger partial charge in [0, 0.05) is 47.2 Å². The first-order valence-corrected chi connectivity index (χ1v) is 10.9. The van der Waals surface area contributed by atoms with Gasteiger partial charge >= 0.3 is 0 Å². The summed E-state index contributed by atoms with van der Waals surface area (Å²) in [4.78, 5) is 35.3. The lowest BCUT2D eigenvalue weighted by molar-refractivity contribution is -0.140. The molecule has 6 nitrogen and oxygen atoms in total. The molecule has 0 bridgehead atoms. The van der Waals surface area contributed by atoms with Gasteiger partial charge < -0.3 is 15.0 Å². The van der Waals surface area contributed by atoms with Gasteiger partial charge in [0.25, 0.3) is 11.7 Å². The third-order valence-corrected chi connectivity index (χ3v) is 6.17. The van der Waals surface area contributed by atoms with Crippen molar-refractivity contribution in [3.8, 4) is 0 Å². The molecule has 33 heavy (non-hydrogen) atoms. The molecule has 0 radical (unpaired) electrons. The van der Waals surface area contributed by atoms with Crippen LogP contribution in [0.4, 0.5) is 0 Å². The second-order valence-corrected chi connectivity index (χ2v) is 8.13. The van der Waals surface area contributed by atoms with Gasteiger partial charge in [0.05, 0.1) is 11.6 Å². The highest BCUT2D eigenvalue weighted by Gasteiger charge is 2.46. The molecule has 1 saturated heterocycles. The number of hydrogen-bond donors (Lipinski definition) is 2. The van der Waals surface area contributed by atoms with Gasteiger partial charge in [-0.05, 0) is 29.7 Å². The van der Waals surface area contributed by atoms with E-state index in [1.54, 1.807) is 30.6 Å². The number of pyridine rings is 1. The Morgan fingerprint density at radius 3 is 2.55 bits per heavy atom. The molecule has 1 atom stereocenters. The number of rotatable bonds is 5. The zero-order chi connectivity index (χ0) is 22.9. The summed E-state index contributed by atoms with van der Waals surface area (Å²) in [5, 5.41) is 12.2. The number of Topliss-reactive ketones (excluding diaryl/α,β-unsaturated/α-hetero) is 1. The van der Waals surface area contributed by atoms with Crippen LogP contribution in [0.5, 0.6) is 0 Å². The summed E-state index contributed by atoms with van der Waals surface area (Å²) in [5.74, 6) is -1.49. The number of aromatic amines is 1. The van der Waals surface area contributed by atoms with Crippen LogP contribution < -0.4 is 0 Å². The van der Waals surface area contributed by atoms with Crippen LogP contribution in [0, 0.1) is 0 Å². The summed E-state index contributed by atoms with van der Waals surface area (Å²) >= 11 is 0. The second kappa shape index (κ2) is 8.39. The van der Waals surface area contributed by atoms with Crippen molar-refractivity contribution in [2.45, 2.75) is 25.9 Å². The molecule has 164 valence electrons. The van der Waals surface area contributed by atoms with Gasteiger partial charge in [-0.3, -0.25) is 14.6 Å². The molecule has 0 spiro atoms. The van der Waals surface area contributed by atoms with Crippen LogP contribution in [0.1, 0.15) is 35.2 Å². The predicted molar refractivity (Wildman–Crippen MR) is 126 cm³/mol. The molecule has 1 aliphatic heterocycles. The Kier molecular flexibility index (Phi) is 5.26. The number of aromatic nitrogens is 2. The van der Waals surface area contributed by atoms with Gasteiger partial charge in [-0.25, -0.2) is 0 Å². The first kappa shape index (κ1) is 20.7. The minimum absolute atomic E-state index is 0.0953. The first-order valence-electron chi connectivity index (χ1n) is 10.9. The van der Waals surface area contributed by atoms with E-state index in [2.05, 4.69) is 16.9 Å². The van der Waals surface area contributed by atoms with Crippen molar-refractivity contribution >= 4 is 28.4 Å².